The number of rotatable bonds is 6. The Morgan fingerprint density at radius 1 is 1.50 bits per heavy atom. The second-order valence-electron chi connectivity index (χ2n) is 5.45. The molecule has 1 aliphatic heterocycles. The summed E-state index contributed by atoms with van der Waals surface area (Å²) in [6, 6.07) is 8.15. The molecule has 1 atom stereocenters. The van der Waals surface area contributed by atoms with Gasteiger partial charge >= 0.3 is 0 Å². The van der Waals surface area contributed by atoms with Crippen molar-refractivity contribution >= 4 is 22.4 Å². The number of carbonyl (C=O) groups is 1. The van der Waals surface area contributed by atoms with Crippen LogP contribution in [0.2, 0.25) is 0 Å². The van der Waals surface area contributed by atoms with E-state index in [1.54, 1.807) is 6.20 Å². The van der Waals surface area contributed by atoms with Crippen LogP contribution in [-0.4, -0.2) is 42.0 Å². The van der Waals surface area contributed by atoms with Crippen molar-refractivity contribution in [3.63, 3.8) is 0 Å². The molecule has 5 nitrogen and oxygen atoms in total. The van der Waals surface area contributed by atoms with E-state index in [1.807, 2.05) is 30.6 Å². The number of nitrogens with zero attached hydrogens (tertiary/aromatic N) is 2. The van der Waals surface area contributed by atoms with Crippen molar-refractivity contribution in [1.82, 2.24) is 9.88 Å². The smallest absolute Gasteiger partial charge is 0.227 e. The molecule has 1 aromatic heterocycles. The van der Waals surface area contributed by atoms with Gasteiger partial charge in [0.15, 0.2) is 5.13 Å². The summed E-state index contributed by atoms with van der Waals surface area (Å²) in [7, 11) is 2.02. The Morgan fingerprint density at radius 2 is 2.36 bits per heavy atom. The van der Waals surface area contributed by atoms with Crippen LogP contribution in [0.4, 0.5) is 5.13 Å². The molecule has 0 saturated heterocycles. The maximum Gasteiger partial charge on any atom is 0.227 e. The molecule has 22 heavy (non-hydrogen) atoms. The summed E-state index contributed by atoms with van der Waals surface area (Å²) < 4.78 is 5.92. The van der Waals surface area contributed by atoms with E-state index in [4.69, 9.17) is 4.74 Å². The first kappa shape index (κ1) is 15.0. The van der Waals surface area contributed by atoms with Crippen molar-refractivity contribution in [2.45, 2.75) is 18.9 Å². The molecule has 0 aliphatic carbocycles. The third-order valence-corrected chi connectivity index (χ3v) is 4.32. The van der Waals surface area contributed by atoms with Gasteiger partial charge in [-0.05, 0) is 18.7 Å². The number of nitrogens with one attached hydrogen (secondary N) is 1. The van der Waals surface area contributed by atoms with Crippen LogP contribution in [0.15, 0.2) is 35.8 Å². The largest absolute Gasteiger partial charge is 0.488 e. The highest BCUT2D eigenvalue weighted by atomic mass is 32.1. The number of hydrogen-bond donors (Lipinski definition) is 1. The van der Waals surface area contributed by atoms with Crippen molar-refractivity contribution in [2.75, 3.05) is 25.5 Å². The van der Waals surface area contributed by atoms with Gasteiger partial charge in [-0.15, -0.1) is 11.3 Å². The lowest BCUT2D eigenvalue weighted by molar-refractivity contribution is -0.116. The molecule has 0 radical (unpaired) electrons. The van der Waals surface area contributed by atoms with Gasteiger partial charge in [0.2, 0.25) is 5.91 Å². The number of fused-ring (bicyclic) bond motifs is 1. The molecular formula is C16H19N3O2S. The topological polar surface area (TPSA) is 54.5 Å². The minimum atomic E-state index is -0.00238. The number of aromatic nitrogens is 1. The highest BCUT2D eigenvalue weighted by Gasteiger charge is 2.23. The van der Waals surface area contributed by atoms with E-state index in [1.165, 1.54) is 16.9 Å². The molecule has 0 fully saturated rings. The maximum absolute atomic E-state index is 11.8. The van der Waals surface area contributed by atoms with Gasteiger partial charge in [-0.25, -0.2) is 4.98 Å². The summed E-state index contributed by atoms with van der Waals surface area (Å²) in [6.07, 6.45) is 3.24. The average Bonchev–Trinajstić information content (AvgIpc) is 3.13. The fourth-order valence-electron chi connectivity index (χ4n) is 2.55. The fourth-order valence-corrected chi connectivity index (χ4v) is 3.10. The fraction of sp³-hybridized carbons (Fsp3) is 0.375. The third kappa shape index (κ3) is 3.84. The number of anilines is 1. The minimum absolute atomic E-state index is 0.00238. The summed E-state index contributed by atoms with van der Waals surface area (Å²) in [5.41, 5.74) is 1.27. The minimum Gasteiger partial charge on any atom is -0.488 e. The molecule has 1 aliphatic rings. The highest BCUT2D eigenvalue weighted by Crippen LogP contribution is 2.28. The van der Waals surface area contributed by atoms with E-state index >= 15 is 0 Å². The molecule has 0 bridgehead atoms. The van der Waals surface area contributed by atoms with Crippen LogP contribution in [0, 0.1) is 0 Å². The predicted molar refractivity (Wildman–Crippen MR) is 87.4 cm³/mol. The van der Waals surface area contributed by atoms with Gasteiger partial charge in [0.1, 0.15) is 11.9 Å². The molecule has 2 heterocycles. The third-order valence-electron chi connectivity index (χ3n) is 3.63. The zero-order valence-corrected chi connectivity index (χ0v) is 13.3. The summed E-state index contributed by atoms with van der Waals surface area (Å²) >= 11 is 1.43. The van der Waals surface area contributed by atoms with Gasteiger partial charge in [-0.3, -0.25) is 4.79 Å². The molecule has 0 saturated carbocycles. The first-order valence-electron chi connectivity index (χ1n) is 7.33. The first-order valence-corrected chi connectivity index (χ1v) is 8.21. The van der Waals surface area contributed by atoms with Gasteiger partial charge in [-0.2, -0.15) is 0 Å². The Morgan fingerprint density at radius 3 is 3.14 bits per heavy atom. The molecule has 1 aromatic carbocycles. The molecule has 116 valence electrons. The molecule has 1 N–H and O–H groups in total. The summed E-state index contributed by atoms with van der Waals surface area (Å²) in [6.45, 7) is 1.52. The number of carbonyl (C=O) groups excluding carboxylic acids is 1. The molecule has 3 rings (SSSR count). The van der Waals surface area contributed by atoms with E-state index < -0.39 is 0 Å². The number of thiazole rings is 1. The van der Waals surface area contributed by atoms with Crippen molar-refractivity contribution in [2.24, 2.45) is 0 Å². The van der Waals surface area contributed by atoms with Gasteiger partial charge in [-0.1, -0.05) is 18.2 Å². The van der Waals surface area contributed by atoms with Crippen LogP contribution in [0.5, 0.6) is 5.75 Å². The second-order valence-corrected chi connectivity index (χ2v) is 6.34. The van der Waals surface area contributed by atoms with Crippen molar-refractivity contribution in [3.05, 3.63) is 41.4 Å². The van der Waals surface area contributed by atoms with Crippen LogP contribution < -0.4 is 10.1 Å². The SMILES string of the molecule is CN(CCC(=O)Nc1nccs1)C[C@@H]1Cc2ccccc2O1. The summed E-state index contributed by atoms with van der Waals surface area (Å²) in [4.78, 5) is 18.0. The van der Waals surface area contributed by atoms with E-state index in [2.05, 4.69) is 21.3 Å². The standard InChI is InChI=1S/C16H19N3O2S/c1-19(8-6-15(20)18-16-17-7-9-22-16)11-13-10-12-4-2-3-5-14(12)21-13/h2-5,7,9,13H,6,8,10-11H2,1H3,(H,17,18,20)/t13-/m0/s1. The number of hydrogen-bond acceptors (Lipinski definition) is 5. The Hall–Kier alpha value is -1.92. The van der Waals surface area contributed by atoms with Gasteiger partial charge in [0.25, 0.3) is 0 Å². The van der Waals surface area contributed by atoms with Crippen LogP contribution in [-0.2, 0) is 11.2 Å². The lowest BCUT2D eigenvalue weighted by Crippen LogP contribution is -2.34. The van der Waals surface area contributed by atoms with Crippen LogP contribution in [0.3, 0.4) is 0 Å². The Bertz CT molecular complexity index is 605. The summed E-state index contributed by atoms with van der Waals surface area (Å²) in [5, 5.41) is 5.29. The number of amides is 1. The van der Waals surface area contributed by atoms with Crippen LogP contribution in [0.25, 0.3) is 0 Å². The van der Waals surface area contributed by atoms with Crippen LogP contribution >= 0.6 is 11.3 Å². The number of para-hydroxylation sites is 1. The van der Waals surface area contributed by atoms with Crippen molar-refractivity contribution in [1.29, 1.82) is 0 Å². The average molecular weight is 317 g/mol. The maximum atomic E-state index is 11.8. The number of likely N-dealkylation sites (N-methyl/N-ethyl adjacent to an activating group) is 1. The van der Waals surface area contributed by atoms with E-state index in [9.17, 15) is 4.79 Å². The van der Waals surface area contributed by atoms with Crippen molar-refractivity contribution in [3.8, 4) is 5.75 Å². The summed E-state index contributed by atoms with van der Waals surface area (Å²) in [5.74, 6) is 0.986. The highest BCUT2D eigenvalue weighted by molar-refractivity contribution is 7.13. The Balaban J connectivity index is 1.40. The quantitative estimate of drug-likeness (QED) is 0.889. The predicted octanol–water partition coefficient (Wildman–Crippen LogP) is 2.41. The van der Waals surface area contributed by atoms with Gasteiger partial charge in [0, 0.05) is 37.5 Å². The van der Waals surface area contributed by atoms with Crippen LogP contribution in [0.1, 0.15) is 12.0 Å². The molecular weight excluding hydrogens is 298 g/mol. The zero-order chi connectivity index (χ0) is 15.4. The van der Waals surface area contributed by atoms with Gasteiger partial charge in [0.05, 0.1) is 0 Å². The van der Waals surface area contributed by atoms with E-state index in [0.29, 0.717) is 18.1 Å². The monoisotopic (exact) mass is 317 g/mol. The molecule has 1 amide bonds. The zero-order valence-electron chi connectivity index (χ0n) is 12.5. The second kappa shape index (κ2) is 6.89. The molecule has 2 aromatic rings. The Labute approximate surface area is 133 Å². The molecule has 0 unspecified atom stereocenters. The van der Waals surface area contributed by atoms with E-state index in [-0.39, 0.29) is 12.0 Å². The first-order chi connectivity index (χ1) is 10.7. The molecule has 0 spiro atoms. The Kier molecular flexibility index (Phi) is 4.70. The number of benzene rings is 1. The van der Waals surface area contributed by atoms with Crippen molar-refractivity contribution < 1.29 is 9.53 Å². The lowest BCUT2D eigenvalue weighted by Gasteiger charge is -2.20. The van der Waals surface area contributed by atoms with Gasteiger partial charge < -0.3 is 15.0 Å². The number of ether oxygens (including phenoxy) is 1. The molecule has 6 heteroatoms. The normalized spacial score (nSPS) is 16.4. The van der Waals surface area contributed by atoms with E-state index in [0.717, 1.165) is 18.7 Å². The lowest BCUT2D eigenvalue weighted by atomic mass is 10.1.